The number of hydrogen-bond donors (Lipinski definition) is 1. The van der Waals surface area contributed by atoms with Crippen LogP contribution in [-0.2, 0) is 9.59 Å². The Morgan fingerprint density at radius 2 is 1.87 bits per heavy atom. The highest BCUT2D eigenvalue weighted by Gasteiger charge is 2.57. The van der Waals surface area contributed by atoms with Gasteiger partial charge in [0.25, 0.3) is 0 Å². The molecular formula is C19H23NO3. The van der Waals surface area contributed by atoms with E-state index in [9.17, 15) is 14.7 Å². The van der Waals surface area contributed by atoms with Gasteiger partial charge in [0.2, 0.25) is 5.91 Å². The first-order chi connectivity index (χ1) is 11.0. The maximum absolute atomic E-state index is 13.0. The van der Waals surface area contributed by atoms with Crippen LogP contribution in [0.4, 0.5) is 5.69 Å². The van der Waals surface area contributed by atoms with Gasteiger partial charge in [-0.2, -0.15) is 0 Å². The van der Waals surface area contributed by atoms with Crippen LogP contribution in [0.3, 0.4) is 0 Å². The number of aliphatic carboxylic acids is 1. The summed E-state index contributed by atoms with van der Waals surface area (Å²) < 4.78 is 0. The normalized spacial score (nSPS) is 29.6. The molecule has 0 radical (unpaired) electrons. The second-order valence-electron chi connectivity index (χ2n) is 6.55. The summed E-state index contributed by atoms with van der Waals surface area (Å²) in [5.74, 6) is -1.98. The predicted molar refractivity (Wildman–Crippen MR) is 89.2 cm³/mol. The summed E-state index contributed by atoms with van der Waals surface area (Å²) in [5, 5.41) is 9.77. The Labute approximate surface area is 136 Å². The van der Waals surface area contributed by atoms with Crippen LogP contribution in [0.5, 0.6) is 0 Å². The standard InChI is InChI=1S/C19H23NO3/c1-4-12-10-13(5-2)17-16(19(22)23)15(12)18(21)20(17)14-8-6-11(3)7-9-14/h6-10,12,15-17H,4-5H2,1-3H3,(H,22,23). The van der Waals surface area contributed by atoms with Crippen LogP contribution in [0.2, 0.25) is 0 Å². The summed E-state index contributed by atoms with van der Waals surface area (Å²) in [6.07, 6.45) is 3.71. The second-order valence-corrected chi connectivity index (χ2v) is 6.55. The number of anilines is 1. The van der Waals surface area contributed by atoms with Gasteiger partial charge in [0.05, 0.1) is 17.9 Å². The van der Waals surface area contributed by atoms with E-state index in [2.05, 4.69) is 6.08 Å². The topological polar surface area (TPSA) is 57.6 Å². The minimum absolute atomic E-state index is 0.0187. The van der Waals surface area contributed by atoms with E-state index in [0.717, 1.165) is 29.7 Å². The summed E-state index contributed by atoms with van der Waals surface area (Å²) in [6.45, 7) is 6.06. The molecule has 23 heavy (non-hydrogen) atoms. The number of aryl methyl sites for hydroxylation is 1. The maximum atomic E-state index is 13.0. The van der Waals surface area contributed by atoms with Crippen molar-refractivity contribution in [3.05, 3.63) is 41.5 Å². The van der Waals surface area contributed by atoms with Crippen molar-refractivity contribution in [1.82, 2.24) is 0 Å². The Hall–Kier alpha value is -2.10. The number of carbonyl (C=O) groups excluding carboxylic acids is 1. The van der Waals surface area contributed by atoms with Crippen LogP contribution in [0, 0.1) is 24.7 Å². The van der Waals surface area contributed by atoms with Crippen molar-refractivity contribution < 1.29 is 14.7 Å². The van der Waals surface area contributed by atoms with E-state index in [0.29, 0.717) is 0 Å². The lowest BCUT2D eigenvalue weighted by atomic mass is 9.72. The molecule has 1 aromatic rings. The molecule has 4 heteroatoms. The third-order valence-corrected chi connectivity index (χ3v) is 5.27. The first-order valence-corrected chi connectivity index (χ1v) is 8.32. The predicted octanol–water partition coefficient (Wildman–Crippen LogP) is 3.40. The summed E-state index contributed by atoms with van der Waals surface area (Å²) in [6, 6.07) is 7.42. The number of rotatable bonds is 4. The monoisotopic (exact) mass is 313 g/mol. The minimum Gasteiger partial charge on any atom is -0.481 e. The second kappa shape index (κ2) is 5.84. The molecule has 1 heterocycles. The highest BCUT2D eigenvalue weighted by atomic mass is 16.4. The molecule has 1 amide bonds. The van der Waals surface area contributed by atoms with Crippen LogP contribution in [0.15, 0.2) is 35.9 Å². The van der Waals surface area contributed by atoms with Crippen molar-refractivity contribution >= 4 is 17.6 Å². The van der Waals surface area contributed by atoms with E-state index >= 15 is 0 Å². The zero-order chi connectivity index (χ0) is 16.7. The SMILES string of the molecule is CCC1=CC(CC)C2C(=O)N(c3ccc(C)cc3)C1C2C(=O)O. The zero-order valence-corrected chi connectivity index (χ0v) is 13.8. The summed E-state index contributed by atoms with van der Waals surface area (Å²) in [5.41, 5.74) is 3.00. The van der Waals surface area contributed by atoms with Gasteiger partial charge in [-0.1, -0.05) is 43.2 Å². The fourth-order valence-corrected chi connectivity index (χ4v) is 4.11. The van der Waals surface area contributed by atoms with Crippen LogP contribution >= 0.6 is 0 Å². The van der Waals surface area contributed by atoms with Gasteiger partial charge < -0.3 is 10.0 Å². The van der Waals surface area contributed by atoms with E-state index in [1.54, 1.807) is 4.90 Å². The third-order valence-electron chi connectivity index (χ3n) is 5.27. The number of carbonyl (C=O) groups is 2. The molecule has 1 aliphatic carbocycles. The van der Waals surface area contributed by atoms with Gasteiger partial charge in [0.15, 0.2) is 0 Å². The molecule has 1 aliphatic heterocycles. The van der Waals surface area contributed by atoms with Crippen LogP contribution in [-0.4, -0.2) is 23.0 Å². The lowest BCUT2D eigenvalue weighted by Gasteiger charge is -2.32. The average molecular weight is 313 g/mol. The highest BCUT2D eigenvalue weighted by Crippen LogP contribution is 2.48. The summed E-state index contributed by atoms with van der Waals surface area (Å²) in [7, 11) is 0. The molecule has 4 unspecified atom stereocenters. The molecule has 1 fully saturated rings. The molecule has 4 atom stereocenters. The zero-order valence-electron chi connectivity index (χ0n) is 13.8. The molecule has 2 aliphatic rings. The Morgan fingerprint density at radius 1 is 1.22 bits per heavy atom. The third kappa shape index (κ3) is 2.37. The number of benzene rings is 1. The molecular weight excluding hydrogens is 290 g/mol. The molecule has 0 spiro atoms. The largest absolute Gasteiger partial charge is 0.481 e. The first-order valence-electron chi connectivity index (χ1n) is 8.32. The van der Waals surface area contributed by atoms with Gasteiger partial charge in [0.1, 0.15) is 0 Å². The van der Waals surface area contributed by atoms with Crippen LogP contribution in [0.1, 0.15) is 32.3 Å². The lowest BCUT2D eigenvalue weighted by Crippen LogP contribution is -2.40. The molecule has 0 aromatic heterocycles. The number of allylic oxidation sites excluding steroid dienone is 1. The Kier molecular flexibility index (Phi) is 4.00. The first kappa shape index (κ1) is 15.8. The van der Waals surface area contributed by atoms with E-state index in [1.807, 2.05) is 45.0 Å². The summed E-state index contributed by atoms with van der Waals surface area (Å²) in [4.78, 5) is 26.7. The number of carboxylic acid groups (broad SMARTS) is 1. The lowest BCUT2D eigenvalue weighted by molar-refractivity contribution is -0.145. The van der Waals surface area contributed by atoms with Crippen LogP contribution < -0.4 is 4.90 Å². The van der Waals surface area contributed by atoms with E-state index in [1.165, 1.54) is 0 Å². The fourth-order valence-electron chi connectivity index (χ4n) is 4.11. The Balaban J connectivity index is 2.12. The van der Waals surface area contributed by atoms with Crippen molar-refractivity contribution in [3.63, 3.8) is 0 Å². The Morgan fingerprint density at radius 3 is 2.39 bits per heavy atom. The number of nitrogens with zero attached hydrogens (tertiary/aromatic N) is 1. The van der Waals surface area contributed by atoms with Gasteiger partial charge in [-0.15, -0.1) is 0 Å². The minimum atomic E-state index is -0.861. The molecule has 1 aromatic carbocycles. The van der Waals surface area contributed by atoms with Crippen molar-refractivity contribution in [2.24, 2.45) is 17.8 Å². The van der Waals surface area contributed by atoms with Crippen molar-refractivity contribution in [1.29, 1.82) is 0 Å². The molecule has 3 rings (SSSR count). The molecule has 122 valence electrons. The quantitative estimate of drug-likeness (QED) is 0.867. The molecule has 2 bridgehead atoms. The maximum Gasteiger partial charge on any atom is 0.309 e. The number of carboxylic acids is 1. The Bertz CT molecular complexity index is 662. The number of hydrogen-bond acceptors (Lipinski definition) is 2. The van der Waals surface area contributed by atoms with Crippen molar-refractivity contribution in [3.8, 4) is 0 Å². The van der Waals surface area contributed by atoms with Crippen molar-refractivity contribution in [2.75, 3.05) is 4.90 Å². The average Bonchev–Trinajstić information content (AvgIpc) is 2.78. The highest BCUT2D eigenvalue weighted by molar-refractivity contribution is 6.03. The molecule has 1 saturated heterocycles. The van der Waals surface area contributed by atoms with E-state index < -0.39 is 17.8 Å². The van der Waals surface area contributed by atoms with Crippen LogP contribution in [0.25, 0.3) is 0 Å². The van der Waals surface area contributed by atoms with Gasteiger partial charge in [-0.05, 0) is 37.8 Å². The van der Waals surface area contributed by atoms with E-state index in [-0.39, 0.29) is 17.9 Å². The number of fused-ring (bicyclic) bond motifs is 2. The smallest absolute Gasteiger partial charge is 0.309 e. The van der Waals surface area contributed by atoms with Crippen molar-refractivity contribution in [2.45, 2.75) is 39.7 Å². The van der Waals surface area contributed by atoms with Gasteiger partial charge in [0, 0.05) is 5.69 Å². The fraction of sp³-hybridized carbons (Fsp3) is 0.474. The van der Waals surface area contributed by atoms with Gasteiger partial charge in [-0.25, -0.2) is 0 Å². The molecule has 4 nitrogen and oxygen atoms in total. The summed E-state index contributed by atoms with van der Waals surface area (Å²) >= 11 is 0. The number of amides is 1. The van der Waals surface area contributed by atoms with Gasteiger partial charge in [-0.3, -0.25) is 9.59 Å². The van der Waals surface area contributed by atoms with Gasteiger partial charge >= 0.3 is 5.97 Å². The molecule has 1 N–H and O–H groups in total. The van der Waals surface area contributed by atoms with E-state index in [4.69, 9.17) is 0 Å². The molecule has 0 saturated carbocycles.